The molecule has 0 unspecified atom stereocenters. The second-order valence-corrected chi connectivity index (χ2v) is 11.1. The molecule has 0 N–H and O–H groups in total. The van der Waals surface area contributed by atoms with Crippen molar-refractivity contribution < 1.29 is 0 Å². The lowest BCUT2D eigenvalue weighted by Crippen LogP contribution is -2.31. The van der Waals surface area contributed by atoms with Gasteiger partial charge in [0.1, 0.15) is 11.7 Å². The highest BCUT2D eigenvalue weighted by molar-refractivity contribution is 6.15. The molecule has 0 amide bonds. The minimum absolute atomic E-state index is 0.186. The molecule has 7 rings (SSSR count). The minimum atomic E-state index is 0.186. The maximum absolute atomic E-state index is 5.32. The molecule has 0 radical (unpaired) electrons. The molecule has 0 bridgehead atoms. The van der Waals surface area contributed by atoms with Gasteiger partial charge in [0.25, 0.3) is 0 Å². The number of aliphatic imine (C=N–C) groups is 2. The van der Waals surface area contributed by atoms with Crippen molar-refractivity contribution in [1.29, 1.82) is 0 Å². The van der Waals surface area contributed by atoms with E-state index in [-0.39, 0.29) is 12.1 Å². The van der Waals surface area contributed by atoms with Crippen LogP contribution >= 0.6 is 0 Å². The Bertz CT molecular complexity index is 1560. The fourth-order valence-electron chi connectivity index (χ4n) is 6.08. The van der Waals surface area contributed by atoms with Crippen LogP contribution in [0.1, 0.15) is 22.3 Å². The van der Waals surface area contributed by atoms with Crippen LogP contribution in [0.15, 0.2) is 156 Å². The molecular weight excluding hydrogens is 512 g/mol. The SMILES string of the molecule is c1ccc(C[C@H]2CN(c3ccccc3)C(c3cccc(C4=N[C@@H](Cc5ccccc5)CN4c4ccccc4)c3)=N2)cc1. The van der Waals surface area contributed by atoms with Crippen molar-refractivity contribution in [2.24, 2.45) is 9.98 Å². The zero-order chi connectivity index (χ0) is 28.1. The van der Waals surface area contributed by atoms with Crippen molar-refractivity contribution in [3.8, 4) is 0 Å². The van der Waals surface area contributed by atoms with Gasteiger partial charge in [-0.2, -0.15) is 0 Å². The number of para-hydroxylation sites is 2. The second kappa shape index (κ2) is 11.9. The molecule has 42 heavy (non-hydrogen) atoms. The first-order chi connectivity index (χ1) is 20.8. The molecule has 2 aliphatic rings. The van der Waals surface area contributed by atoms with Gasteiger partial charge in [0.05, 0.1) is 12.1 Å². The second-order valence-electron chi connectivity index (χ2n) is 11.1. The Morgan fingerprint density at radius 3 is 1.24 bits per heavy atom. The van der Waals surface area contributed by atoms with E-state index < -0.39 is 0 Å². The lowest BCUT2D eigenvalue weighted by Gasteiger charge is -2.23. The Morgan fingerprint density at radius 1 is 0.452 bits per heavy atom. The van der Waals surface area contributed by atoms with Gasteiger partial charge in [-0.15, -0.1) is 0 Å². The van der Waals surface area contributed by atoms with Crippen molar-refractivity contribution in [3.63, 3.8) is 0 Å². The summed E-state index contributed by atoms with van der Waals surface area (Å²) in [5, 5.41) is 0. The Hall–Kier alpha value is -4.96. The molecule has 0 saturated heterocycles. The van der Waals surface area contributed by atoms with E-state index in [1.807, 2.05) is 0 Å². The Labute approximate surface area is 248 Å². The van der Waals surface area contributed by atoms with Crippen molar-refractivity contribution in [2.75, 3.05) is 22.9 Å². The molecule has 5 aromatic rings. The maximum Gasteiger partial charge on any atom is 0.135 e. The zero-order valence-electron chi connectivity index (χ0n) is 23.6. The summed E-state index contributed by atoms with van der Waals surface area (Å²) >= 11 is 0. The summed E-state index contributed by atoms with van der Waals surface area (Å²) in [6, 6.07) is 51.8. The average Bonchev–Trinajstić information content (AvgIpc) is 3.68. The number of hydrogen-bond donors (Lipinski definition) is 0. The molecule has 0 aromatic heterocycles. The van der Waals surface area contributed by atoms with E-state index in [1.165, 1.54) is 22.5 Å². The molecule has 0 aliphatic carbocycles. The lowest BCUT2D eigenvalue weighted by molar-refractivity contribution is 0.713. The summed E-state index contributed by atoms with van der Waals surface area (Å²) < 4.78 is 0. The molecule has 0 fully saturated rings. The van der Waals surface area contributed by atoms with Crippen LogP contribution in [0.2, 0.25) is 0 Å². The normalized spacial score (nSPS) is 18.2. The molecule has 4 heteroatoms. The van der Waals surface area contributed by atoms with Crippen LogP contribution < -0.4 is 9.80 Å². The molecule has 4 nitrogen and oxygen atoms in total. The van der Waals surface area contributed by atoms with E-state index in [1.54, 1.807) is 0 Å². The van der Waals surface area contributed by atoms with E-state index in [0.717, 1.165) is 48.7 Å². The number of amidine groups is 2. The standard InChI is InChI=1S/C38H34N4/c1-5-14-29(15-6-1)24-33-27-41(35-20-9-3-10-21-35)37(39-33)31-18-13-19-32(26-31)38-40-34(25-30-16-7-2-8-17-30)28-42(38)36-22-11-4-12-23-36/h1-23,26,33-34H,24-25,27-28H2/t33-,34-/m0/s1. The van der Waals surface area contributed by atoms with Gasteiger partial charge < -0.3 is 9.80 Å². The highest BCUT2D eigenvalue weighted by atomic mass is 15.3. The predicted octanol–water partition coefficient (Wildman–Crippen LogP) is 7.44. The van der Waals surface area contributed by atoms with Crippen LogP contribution in [0.3, 0.4) is 0 Å². The monoisotopic (exact) mass is 546 g/mol. The van der Waals surface area contributed by atoms with E-state index in [2.05, 4.69) is 155 Å². The first kappa shape index (κ1) is 26.0. The Kier molecular flexibility index (Phi) is 7.34. The molecule has 2 aliphatic heterocycles. The number of benzene rings is 5. The summed E-state index contributed by atoms with van der Waals surface area (Å²) in [7, 11) is 0. The summed E-state index contributed by atoms with van der Waals surface area (Å²) in [4.78, 5) is 15.4. The van der Waals surface area contributed by atoms with Gasteiger partial charge in [-0.3, -0.25) is 9.98 Å². The van der Waals surface area contributed by atoms with Crippen LogP contribution in [0.4, 0.5) is 11.4 Å². The van der Waals surface area contributed by atoms with E-state index in [4.69, 9.17) is 9.98 Å². The van der Waals surface area contributed by atoms with Gasteiger partial charge in [-0.05, 0) is 54.3 Å². The highest BCUT2D eigenvalue weighted by Gasteiger charge is 2.30. The number of rotatable bonds is 8. The van der Waals surface area contributed by atoms with Gasteiger partial charge in [0, 0.05) is 35.6 Å². The third-order valence-electron chi connectivity index (χ3n) is 8.05. The Balaban J connectivity index is 1.24. The van der Waals surface area contributed by atoms with E-state index >= 15 is 0 Å². The molecule has 206 valence electrons. The lowest BCUT2D eigenvalue weighted by atomic mass is 10.1. The van der Waals surface area contributed by atoms with Crippen LogP contribution in [-0.2, 0) is 12.8 Å². The van der Waals surface area contributed by atoms with Crippen LogP contribution in [0, 0.1) is 0 Å². The van der Waals surface area contributed by atoms with E-state index in [9.17, 15) is 0 Å². The third kappa shape index (κ3) is 5.61. The minimum Gasteiger partial charge on any atom is -0.324 e. The average molecular weight is 547 g/mol. The van der Waals surface area contributed by atoms with Crippen LogP contribution in [-0.4, -0.2) is 36.8 Å². The predicted molar refractivity (Wildman–Crippen MR) is 175 cm³/mol. The van der Waals surface area contributed by atoms with Crippen LogP contribution in [0.25, 0.3) is 0 Å². The summed E-state index contributed by atoms with van der Waals surface area (Å²) in [5.74, 6) is 2.05. The molecule has 2 atom stereocenters. The van der Waals surface area contributed by atoms with Gasteiger partial charge in [-0.1, -0.05) is 115 Å². The van der Waals surface area contributed by atoms with Crippen molar-refractivity contribution >= 4 is 23.0 Å². The van der Waals surface area contributed by atoms with Crippen molar-refractivity contribution in [1.82, 2.24) is 0 Å². The third-order valence-corrected chi connectivity index (χ3v) is 8.05. The number of hydrogen-bond acceptors (Lipinski definition) is 4. The van der Waals surface area contributed by atoms with Gasteiger partial charge >= 0.3 is 0 Å². The molecule has 0 spiro atoms. The van der Waals surface area contributed by atoms with Gasteiger partial charge in [-0.25, -0.2) is 0 Å². The fourth-order valence-corrected chi connectivity index (χ4v) is 6.08. The quantitative estimate of drug-likeness (QED) is 0.203. The smallest absolute Gasteiger partial charge is 0.135 e. The summed E-state index contributed by atoms with van der Waals surface area (Å²) in [6.45, 7) is 1.71. The Morgan fingerprint density at radius 2 is 0.833 bits per heavy atom. The molecule has 5 aromatic carbocycles. The maximum atomic E-state index is 5.32. The van der Waals surface area contributed by atoms with Gasteiger partial charge in [0.2, 0.25) is 0 Å². The number of nitrogens with zero attached hydrogens (tertiary/aromatic N) is 4. The molecule has 2 heterocycles. The molecule has 0 saturated carbocycles. The van der Waals surface area contributed by atoms with Gasteiger partial charge in [0.15, 0.2) is 0 Å². The van der Waals surface area contributed by atoms with Crippen LogP contribution in [0.5, 0.6) is 0 Å². The first-order valence-corrected chi connectivity index (χ1v) is 14.8. The summed E-state index contributed by atoms with van der Waals surface area (Å²) in [6.07, 6.45) is 1.84. The summed E-state index contributed by atoms with van der Waals surface area (Å²) in [5.41, 5.74) is 7.21. The van der Waals surface area contributed by atoms with Crippen molar-refractivity contribution in [3.05, 3.63) is 168 Å². The van der Waals surface area contributed by atoms with Crippen molar-refractivity contribution in [2.45, 2.75) is 24.9 Å². The fraction of sp³-hybridized carbons (Fsp3) is 0.158. The number of anilines is 2. The molecular formula is C38H34N4. The van der Waals surface area contributed by atoms with E-state index in [0.29, 0.717) is 0 Å². The zero-order valence-corrected chi connectivity index (χ0v) is 23.6. The topological polar surface area (TPSA) is 31.2 Å². The first-order valence-electron chi connectivity index (χ1n) is 14.8. The highest BCUT2D eigenvalue weighted by Crippen LogP contribution is 2.29. The largest absolute Gasteiger partial charge is 0.324 e.